The lowest BCUT2D eigenvalue weighted by molar-refractivity contribution is 0.378. The molecule has 3 heteroatoms. The summed E-state index contributed by atoms with van der Waals surface area (Å²) in [6, 6.07) is 6.63. The molecule has 0 saturated heterocycles. The van der Waals surface area contributed by atoms with E-state index < -0.39 is 0 Å². The average Bonchev–Trinajstić information content (AvgIpc) is 2.86. The van der Waals surface area contributed by atoms with E-state index in [2.05, 4.69) is 5.32 Å². The SMILES string of the molecule is CNC1CCC(c2c(OC)cccc2OC)C1. The smallest absolute Gasteiger partial charge is 0.126 e. The molecule has 1 aliphatic carbocycles. The second-order valence-corrected chi connectivity index (χ2v) is 4.57. The molecule has 0 bridgehead atoms. The first-order chi connectivity index (χ1) is 8.30. The number of rotatable bonds is 4. The van der Waals surface area contributed by atoms with E-state index >= 15 is 0 Å². The van der Waals surface area contributed by atoms with E-state index in [1.54, 1.807) is 14.2 Å². The van der Waals surface area contributed by atoms with Gasteiger partial charge in [0.05, 0.1) is 14.2 Å². The first kappa shape index (κ1) is 12.2. The Bertz CT molecular complexity index is 356. The fourth-order valence-corrected chi connectivity index (χ4v) is 2.79. The van der Waals surface area contributed by atoms with Crippen molar-refractivity contribution in [3.05, 3.63) is 23.8 Å². The van der Waals surface area contributed by atoms with Crippen molar-refractivity contribution in [3.8, 4) is 11.5 Å². The molecule has 0 heterocycles. The summed E-state index contributed by atoms with van der Waals surface area (Å²) in [5.74, 6) is 2.44. The lowest BCUT2D eigenvalue weighted by Crippen LogP contribution is -2.21. The van der Waals surface area contributed by atoms with E-state index in [0.717, 1.165) is 17.9 Å². The zero-order valence-electron chi connectivity index (χ0n) is 10.8. The van der Waals surface area contributed by atoms with E-state index in [1.165, 1.54) is 18.4 Å². The van der Waals surface area contributed by atoms with Gasteiger partial charge in [-0.05, 0) is 44.4 Å². The molecular weight excluding hydrogens is 214 g/mol. The van der Waals surface area contributed by atoms with Gasteiger partial charge in [0.1, 0.15) is 11.5 Å². The number of hydrogen-bond acceptors (Lipinski definition) is 3. The molecule has 0 amide bonds. The van der Waals surface area contributed by atoms with Gasteiger partial charge in [0, 0.05) is 11.6 Å². The summed E-state index contributed by atoms with van der Waals surface area (Å²) in [5.41, 5.74) is 1.23. The summed E-state index contributed by atoms with van der Waals surface area (Å²) in [4.78, 5) is 0. The quantitative estimate of drug-likeness (QED) is 0.870. The molecule has 3 nitrogen and oxygen atoms in total. The van der Waals surface area contributed by atoms with Crippen LogP contribution < -0.4 is 14.8 Å². The van der Waals surface area contributed by atoms with Crippen molar-refractivity contribution in [3.63, 3.8) is 0 Å². The van der Waals surface area contributed by atoms with Crippen LogP contribution in [0.15, 0.2) is 18.2 Å². The molecule has 1 aliphatic rings. The van der Waals surface area contributed by atoms with Crippen molar-refractivity contribution >= 4 is 0 Å². The summed E-state index contributed by atoms with van der Waals surface area (Å²) in [7, 11) is 5.48. The lowest BCUT2D eigenvalue weighted by Gasteiger charge is -2.18. The van der Waals surface area contributed by atoms with Gasteiger partial charge in [0.15, 0.2) is 0 Å². The summed E-state index contributed by atoms with van der Waals surface area (Å²) in [5, 5.41) is 3.36. The fourth-order valence-electron chi connectivity index (χ4n) is 2.79. The second kappa shape index (κ2) is 5.41. The molecule has 1 fully saturated rings. The van der Waals surface area contributed by atoms with Crippen LogP contribution in [-0.2, 0) is 0 Å². The molecule has 1 N–H and O–H groups in total. The summed E-state index contributed by atoms with van der Waals surface area (Å²) in [6.45, 7) is 0. The van der Waals surface area contributed by atoms with Gasteiger partial charge in [-0.3, -0.25) is 0 Å². The van der Waals surface area contributed by atoms with E-state index in [1.807, 2.05) is 25.2 Å². The first-order valence-electron chi connectivity index (χ1n) is 6.18. The van der Waals surface area contributed by atoms with Crippen molar-refractivity contribution in [1.82, 2.24) is 5.32 Å². The molecule has 2 atom stereocenters. The van der Waals surface area contributed by atoms with Crippen LogP contribution in [0.3, 0.4) is 0 Å². The third-order valence-corrected chi connectivity index (χ3v) is 3.72. The largest absolute Gasteiger partial charge is 0.496 e. The second-order valence-electron chi connectivity index (χ2n) is 4.57. The van der Waals surface area contributed by atoms with Gasteiger partial charge >= 0.3 is 0 Å². The van der Waals surface area contributed by atoms with Crippen LogP contribution in [0, 0.1) is 0 Å². The monoisotopic (exact) mass is 235 g/mol. The summed E-state index contributed by atoms with van der Waals surface area (Å²) in [6.07, 6.45) is 3.58. The molecule has 1 aromatic rings. The standard InChI is InChI=1S/C14H21NO2/c1-15-11-8-7-10(9-11)14-12(16-2)5-4-6-13(14)17-3/h4-6,10-11,15H,7-9H2,1-3H3. The van der Waals surface area contributed by atoms with Crippen molar-refractivity contribution < 1.29 is 9.47 Å². The number of benzene rings is 1. The Morgan fingerprint density at radius 2 is 1.76 bits per heavy atom. The Kier molecular flexibility index (Phi) is 3.89. The van der Waals surface area contributed by atoms with Crippen LogP contribution in [0.25, 0.3) is 0 Å². The maximum Gasteiger partial charge on any atom is 0.126 e. The van der Waals surface area contributed by atoms with Crippen LogP contribution in [0.2, 0.25) is 0 Å². The highest BCUT2D eigenvalue weighted by molar-refractivity contribution is 5.47. The number of ether oxygens (including phenoxy) is 2. The van der Waals surface area contributed by atoms with Gasteiger partial charge in [0.25, 0.3) is 0 Å². The predicted octanol–water partition coefficient (Wildman–Crippen LogP) is 2.56. The average molecular weight is 235 g/mol. The van der Waals surface area contributed by atoms with Gasteiger partial charge in [0.2, 0.25) is 0 Å². The molecule has 1 saturated carbocycles. The Labute approximate surface area is 103 Å². The van der Waals surface area contributed by atoms with Gasteiger partial charge in [-0.25, -0.2) is 0 Å². The van der Waals surface area contributed by atoms with Crippen molar-refractivity contribution in [1.29, 1.82) is 0 Å². The predicted molar refractivity (Wildman–Crippen MR) is 69.0 cm³/mol. The lowest BCUT2D eigenvalue weighted by atomic mass is 9.95. The number of nitrogens with one attached hydrogen (secondary N) is 1. The molecule has 0 spiro atoms. The van der Waals surface area contributed by atoms with Crippen molar-refractivity contribution in [2.24, 2.45) is 0 Å². The highest BCUT2D eigenvalue weighted by Crippen LogP contribution is 2.43. The van der Waals surface area contributed by atoms with Gasteiger partial charge < -0.3 is 14.8 Å². The van der Waals surface area contributed by atoms with E-state index in [4.69, 9.17) is 9.47 Å². The zero-order valence-corrected chi connectivity index (χ0v) is 10.8. The summed E-state index contributed by atoms with van der Waals surface area (Å²) >= 11 is 0. The maximum atomic E-state index is 5.47. The molecule has 0 radical (unpaired) electrons. The van der Waals surface area contributed by atoms with Crippen molar-refractivity contribution in [2.75, 3.05) is 21.3 Å². The van der Waals surface area contributed by atoms with E-state index in [9.17, 15) is 0 Å². The number of methoxy groups -OCH3 is 2. The summed E-state index contributed by atoms with van der Waals surface area (Å²) < 4.78 is 10.9. The van der Waals surface area contributed by atoms with Crippen LogP contribution in [-0.4, -0.2) is 27.3 Å². The minimum Gasteiger partial charge on any atom is -0.496 e. The topological polar surface area (TPSA) is 30.5 Å². The minimum atomic E-state index is 0.540. The van der Waals surface area contributed by atoms with Crippen LogP contribution >= 0.6 is 0 Å². The minimum absolute atomic E-state index is 0.540. The van der Waals surface area contributed by atoms with E-state index in [-0.39, 0.29) is 0 Å². The molecule has 0 aliphatic heterocycles. The molecule has 17 heavy (non-hydrogen) atoms. The first-order valence-corrected chi connectivity index (χ1v) is 6.18. The van der Waals surface area contributed by atoms with Gasteiger partial charge in [-0.2, -0.15) is 0 Å². The third-order valence-electron chi connectivity index (χ3n) is 3.72. The third kappa shape index (κ3) is 2.39. The normalized spacial score (nSPS) is 23.7. The molecule has 0 aromatic heterocycles. The molecule has 1 aromatic carbocycles. The van der Waals surface area contributed by atoms with Crippen LogP contribution in [0.5, 0.6) is 11.5 Å². The molecule has 94 valence electrons. The van der Waals surface area contributed by atoms with Gasteiger partial charge in [-0.1, -0.05) is 6.07 Å². The van der Waals surface area contributed by atoms with Crippen LogP contribution in [0.4, 0.5) is 0 Å². The highest BCUT2D eigenvalue weighted by atomic mass is 16.5. The highest BCUT2D eigenvalue weighted by Gasteiger charge is 2.29. The van der Waals surface area contributed by atoms with E-state index in [0.29, 0.717) is 12.0 Å². The Hall–Kier alpha value is -1.22. The molecular formula is C14H21NO2. The Morgan fingerprint density at radius 1 is 1.12 bits per heavy atom. The fraction of sp³-hybridized carbons (Fsp3) is 0.571. The van der Waals surface area contributed by atoms with Crippen molar-refractivity contribution in [2.45, 2.75) is 31.2 Å². The van der Waals surface area contributed by atoms with Crippen LogP contribution in [0.1, 0.15) is 30.7 Å². The Morgan fingerprint density at radius 3 is 2.24 bits per heavy atom. The molecule has 2 rings (SSSR count). The number of hydrogen-bond donors (Lipinski definition) is 1. The zero-order chi connectivity index (χ0) is 12.3. The Balaban J connectivity index is 2.30. The van der Waals surface area contributed by atoms with Gasteiger partial charge in [-0.15, -0.1) is 0 Å². The maximum absolute atomic E-state index is 5.47. The molecule has 2 unspecified atom stereocenters.